The highest BCUT2D eigenvalue weighted by Gasteiger charge is 2.01. The molecule has 1 aromatic carbocycles. The maximum Gasteiger partial charge on any atom is 0.119 e. The first-order chi connectivity index (χ1) is 7.11. The van der Waals surface area contributed by atoms with Gasteiger partial charge in [0.05, 0.1) is 19.3 Å². The summed E-state index contributed by atoms with van der Waals surface area (Å²) in [5.74, 6) is 0.718. The molecular formula is C12H17O3. The predicted molar refractivity (Wildman–Crippen MR) is 57.7 cm³/mol. The number of aliphatic hydroxyl groups excluding tert-OH is 2. The van der Waals surface area contributed by atoms with Crippen molar-refractivity contribution in [2.24, 2.45) is 0 Å². The first kappa shape index (κ1) is 12.0. The van der Waals surface area contributed by atoms with Crippen LogP contribution in [0.1, 0.15) is 24.5 Å². The lowest BCUT2D eigenvalue weighted by Gasteiger charge is -2.09. The van der Waals surface area contributed by atoms with Crippen molar-refractivity contribution in [3.63, 3.8) is 0 Å². The van der Waals surface area contributed by atoms with E-state index in [1.54, 1.807) is 13.0 Å². The van der Waals surface area contributed by atoms with Crippen molar-refractivity contribution >= 4 is 0 Å². The third-order valence-electron chi connectivity index (χ3n) is 2.01. The van der Waals surface area contributed by atoms with Crippen LogP contribution in [-0.4, -0.2) is 22.9 Å². The van der Waals surface area contributed by atoms with Crippen LogP contribution in [-0.2, 0) is 6.61 Å². The third-order valence-corrected chi connectivity index (χ3v) is 2.01. The van der Waals surface area contributed by atoms with E-state index in [1.807, 2.05) is 13.0 Å². The van der Waals surface area contributed by atoms with E-state index in [0.717, 1.165) is 16.9 Å². The number of hydrogen-bond donors (Lipinski definition) is 2. The van der Waals surface area contributed by atoms with E-state index in [2.05, 4.69) is 6.07 Å². The van der Waals surface area contributed by atoms with E-state index in [-0.39, 0.29) is 12.7 Å². The van der Waals surface area contributed by atoms with Crippen molar-refractivity contribution in [1.29, 1.82) is 0 Å². The standard InChI is InChI=1S/C12H17O3/c1-9-5-11(8-13)7-12(6-9)15-4-3-10(2)14/h6-7,10,13-14H,3-4,8H2,1-2H3. The first-order valence-corrected chi connectivity index (χ1v) is 5.06. The number of benzene rings is 1. The van der Waals surface area contributed by atoms with Gasteiger partial charge in [-0.15, -0.1) is 0 Å². The average molecular weight is 209 g/mol. The van der Waals surface area contributed by atoms with E-state index >= 15 is 0 Å². The van der Waals surface area contributed by atoms with Gasteiger partial charge >= 0.3 is 0 Å². The monoisotopic (exact) mass is 209 g/mol. The summed E-state index contributed by atoms with van der Waals surface area (Å²) in [6.45, 7) is 4.08. The molecule has 0 bridgehead atoms. The van der Waals surface area contributed by atoms with Crippen LogP contribution in [0.25, 0.3) is 0 Å². The van der Waals surface area contributed by atoms with Crippen LogP contribution in [0.15, 0.2) is 12.1 Å². The van der Waals surface area contributed by atoms with Gasteiger partial charge in [0.1, 0.15) is 5.75 Å². The summed E-state index contributed by atoms with van der Waals surface area (Å²) >= 11 is 0. The number of rotatable bonds is 5. The van der Waals surface area contributed by atoms with Crippen LogP contribution < -0.4 is 4.74 Å². The molecule has 2 N–H and O–H groups in total. The van der Waals surface area contributed by atoms with Crippen molar-refractivity contribution < 1.29 is 14.9 Å². The molecule has 3 heteroatoms. The lowest BCUT2D eigenvalue weighted by Crippen LogP contribution is -2.07. The third kappa shape index (κ3) is 4.32. The van der Waals surface area contributed by atoms with E-state index in [9.17, 15) is 0 Å². The first-order valence-electron chi connectivity index (χ1n) is 5.06. The molecule has 0 amide bonds. The summed E-state index contributed by atoms with van der Waals surface area (Å²) in [6.07, 6.45) is 0.255. The molecule has 1 rings (SSSR count). The number of ether oxygens (including phenoxy) is 1. The van der Waals surface area contributed by atoms with Crippen LogP contribution in [0.3, 0.4) is 0 Å². The minimum atomic E-state index is -0.348. The van der Waals surface area contributed by atoms with E-state index in [1.165, 1.54) is 0 Å². The molecule has 0 fully saturated rings. The molecule has 0 heterocycles. The highest BCUT2D eigenvalue weighted by molar-refractivity contribution is 5.32. The van der Waals surface area contributed by atoms with Gasteiger partial charge in [0.15, 0.2) is 0 Å². The Morgan fingerprint density at radius 1 is 1.47 bits per heavy atom. The molecule has 0 aliphatic heterocycles. The highest BCUT2D eigenvalue weighted by atomic mass is 16.5. The van der Waals surface area contributed by atoms with Crippen molar-refractivity contribution in [2.75, 3.05) is 6.61 Å². The van der Waals surface area contributed by atoms with Crippen molar-refractivity contribution in [1.82, 2.24) is 0 Å². The topological polar surface area (TPSA) is 49.7 Å². The molecule has 1 aromatic rings. The Morgan fingerprint density at radius 2 is 2.20 bits per heavy atom. The van der Waals surface area contributed by atoms with Gasteiger partial charge < -0.3 is 14.9 Å². The van der Waals surface area contributed by atoms with Crippen LogP contribution in [0.5, 0.6) is 5.75 Å². The minimum absolute atomic E-state index is 0.0333. The molecule has 3 nitrogen and oxygen atoms in total. The lowest BCUT2D eigenvalue weighted by molar-refractivity contribution is 0.155. The molecule has 0 spiro atoms. The summed E-state index contributed by atoms with van der Waals surface area (Å²) < 4.78 is 5.45. The second-order valence-electron chi connectivity index (χ2n) is 3.67. The predicted octanol–water partition coefficient (Wildman–Crippen LogP) is 1.44. The van der Waals surface area contributed by atoms with Gasteiger partial charge in [-0.2, -0.15) is 0 Å². The number of aryl methyl sites for hydroxylation is 1. The van der Waals surface area contributed by atoms with E-state index in [0.29, 0.717) is 13.0 Å². The molecule has 0 aliphatic carbocycles. The minimum Gasteiger partial charge on any atom is -0.493 e. The Bertz CT molecular complexity index is 308. The molecular weight excluding hydrogens is 192 g/mol. The summed E-state index contributed by atoms with van der Waals surface area (Å²) in [7, 11) is 0. The van der Waals surface area contributed by atoms with Gasteiger partial charge in [-0.25, -0.2) is 0 Å². The molecule has 15 heavy (non-hydrogen) atoms. The smallest absolute Gasteiger partial charge is 0.119 e. The summed E-state index contributed by atoms with van der Waals surface area (Å²) in [5, 5.41) is 18.0. The maximum atomic E-state index is 9.06. The Hall–Kier alpha value is -1.06. The largest absolute Gasteiger partial charge is 0.493 e. The molecule has 83 valence electrons. The maximum absolute atomic E-state index is 9.06. The summed E-state index contributed by atoms with van der Waals surface area (Å²) in [5.41, 5.74) is 1.66. The molecule has 1 atom stereocenters. The molecule has 0 aromatic heterocycles. The Balaban J connectivity index is 2.56. The molecule has 1 radical (unpaired) electrons. The highest BCUT2D eigenvalue weighted by Crippen LogP contribution is 2.16. The fourth-order valence-electron chi connectivity index (χ4n) is 1.27. The van der Waals surface area contributed by atoms with Gasteiger partial charge in [0, 0.05) is 6.42 Å². The van der Waals surface area contributed by atoms with Crippen LogP contribution >= 0.6 is 0 Å². The van der Waals surface area contributed by atoms with Gasteiger partial charge in [-0.3, -0.25) is 0 Å². The van der Waals surface area contributed by atoms with Crippen molar-refractivity contribution in [3.05, 3.63) is 29.3 Å². The zero-order valence-corrected chi connectivity index (χ0v) is 9.16. The summed E-state index contributed by atoms with van der Waals surface area (Å²) in [6, 6.07) is 6.64. The normalized spacial score (nSPS) is 12.5. The average Bonchev–Trinajstić information content (AvgIpc) is 2.16. The van der Waals surface area contributed by atoms with Crippen LogP contribution in [0.2, 0.25) is 0 Å². The van der Waals surface area contributed by atoms with Crippen LogP contribution in [0, 0.1) is 13.0 Å². The summed E-state index contributed by atoms with van der Waals surface area (Å²) in [4.78, 5) is 0. The quantitative estimate of drug-likeness (QED) is 0.771. The second kappa shape index (κ2) is 5.73. The van der Waals surface area contributed by atoms with E-state index in [4.69, 9.17) is 14.9 Å². The zero-order chi connectivity index (χ0) is 11.3. The Morgan fingerprint density at radius 3 is 2.80 bits per heavy atom. The van der Waals surface area contributed by atoms with Gasteiger partial charge in [-0.05, 0) is 43.2 Å². The molecule has 0 aliphatic rings. The molecule has 1 unspecified atom stereocenters. The van der Waals surface area contributed by atoms with Crippen LogP contribution in [0.4, 0.5) is 0 Å². The Labute approximate surface area is 90.3 Å². The van der Waals surface area contributed by atoms with Gasteiger partial charge in [0.25, 0.3) is 0 Å². The van der Waals surface area contributed by atoms with Gasteiger partial charge in [0.2, 0.25) is 0 Å². The SMILES string of the molecule is Cc1[c]c(CO)cc(OCCC(C)O)c1. The van der Waals surface area contributed by atoms with E-state index < -0.39 is 0 Å². The molecule has 0 saturated heterocycles. The number of aliphatic hydroxyl groups is 2. The number of hydrogen-bond acceptors (Lipinski definition) is 3. The molecule has 0 saturated carbocycles. The fraction of sp³-hybridized carbons (Fsp3) is 0.500. The van der Waals surface area contributed by atoms with Crippen molar-refractivity contribution in [2.45, 2.75) is 33.0 Å². The lowest BCUT2D eigenvalue weighted by atomic mass is 10.1. The van der Waals surface area contributed by atoms with Crippen molar-refractivity contribution in [3.8, 4) is 5.75 Å². The zero-order valence-electron chi connectivity index (χ0n) is 9.16. The second-order valence-corrected chi connectivity index (χ2v) is 3.67. The van der Waals surface area contributed by atoms with Gasteiger partial charge in [-0.1, -0.05) is 0 Å². The Kier molecular flexibility index (Phi) is 4.59. The fourth-order valence-corrected chi connectivity index (χ4v) is 1.27.